The summed E-state index contributed by atoms with van der Waals surface area (Å²) in [6.45, 7) is 2.48. The molecule has 0 saturated carbocycles. The molecule has 0 saturated heterocycles. The molecule has 4 aromatic rings. The second kappa shape index (κ2) is 22.5. The van der Waals surface area contributed by atoms with Crippen molar-refractivity contribution in [3.05, 3.63) is 121 Å². The molecule has 4 rings (SSSR count). The summed E-state index contributed by atoms with van der Waals surface area (Å²) in [6, 6.07) is 41.4. The maximum absolute atomic E-state index is 5.99. The number of rotatable bonds is 12. The third-order valence-electron chi connectivity index (χ3n) is 4.98. The first kappa shape index (κ1) is 34.0. The van der Waals surface area contributed by atoms with Gasteiger partial charge in [-0.2, -0.15) is 0 Å². The molecule has 0 fully saturated rings. The van der Waals surface area contributed by atoms with E-state index in [9.17, 15) is 0 Å². The quantitative estimate of drug-likeness (QED) is 0.0934. The van der Waals surface area contributed by atoms with Crippen LogP contribution in [0.25, 0.3) is 0 Å². The van der Waals surface area contributed by atoms with Crippen molar-refractivity contribution in [2.75, 3.05) is 40.6 Å². The van der Waals surface area contributed by atoms with E-state index in [1.54, 1.807) is 14.2 Å². The first-order chi connectivity index (χ1) is 19.2. The number of hydrogen-bond acceptors (Lipinski definition) is 4. The van der Waals surface area contributed by atoms with E-state index in [1.807, 2.05) is 72.8 Å². The second-order valence-corrected chi connectivity index (χ2v) is 14.0. The summed E-state index contributed by atoms with van der Waals surface area (Å²) >= 11 is -0.346. The molecule has 0 aliphatic carbocycles. The Morgan fingerprint density at radius 1 is 0.462 bits per heavy atom. The molecule has 4 aromatic carbocycles. The Bertz CT molecular complexity index is 933. The summed E-state index contributed by atoms with van der Waals surface area (Å²) in [4.78, 5) is 0. The van der Waals surface area contributed by atoms with Gasteiger partial charge in [0, 0.05) is 35.4 Å². The monoisotopic (exact) mass is 692 g/mol. The van der Waals surface area contributed by atoms with Crippen molar-refractivity contribution in [3.8, 4) is 0 Å². The van der Waals surface area contributed by atoms with Crippen molar-refractivity contribution < 1.29 is 33.7 Å². The summed E-state index contributed by atoms with van der Waals surface area (Å²) in [5.74, 6) is 0. The van der Waals surface area contributed by atoms with Gasteiger partial charge in [0.05, 0.1) is 42.7 Å². The van der Waals surface area contributed by atoms with E-state index in [0.29, 0.717) is 26.4 Å². The molecule has 4 nitrogen and oxygen atoms in total. The summed E-state index contributed by atoms with van der Waals surface area (Å²) in [6.07, 6.45) is 0. The van der Waals surface area contributed by atoms with Crippen molar-refractivity contribution in [2.24, 2.45) is 0 Å². The van der Waals surface area contributed by atoms with Crippen LogP contribution in [0.1, 0.15) is 0 Å². The Kier molecular flexibility index (Phi) is 19.6. The van der Waals surface area contributed by atoms with E-state index in [4.69, 9.17) is 37.9 Å². The average Bonchev–Trinajstić information content (AvgIpc) is 3.00. The molecule has 0 aromatic heterocycles. The molecule has 0 radical (unpaired) electrons. The fourth-order valence-corrected chi connectivity index (χ4v) is 6.75. The van der Waals surface area contributed by atoms with Crippen LogP contribution in [0.15, 0.2) is 121 Å². The van der Waals surface area contributed by atoms with E-state index in [-0.39, 0.29) is 15.1 Å². The van der Waals surface area contributed by atoms with Crippen LogP contribution in [-0.4, -0.2) is 40.6 Å². The van der Waals surface area contributed by atoms with Gasteiger partial charge in [0.1, 0.15) is 0 Å². The van der Waals surface area contributed by atoms with Gasteiger partial charge in [-0.05, 0) is 0 Å². The van der Waals surface area contributed by atoms with Gasteiger partial charge in [-0.25, -0.2) is 0 Å². The van der Waals surface area contributed by atoms with Gasteiger partial charge < -0.3 is 18.5 Å². The second-order valence-electron chi connectivity index (χ2n) is 7.63. The Morgan fingerprint density at radius 3 is 0.897 bits per heavy atom. The standard InChI is InChI=1S/2C15H17O2P.2ClH.Ru/c2*1-16-12-13-17-18(14-8-4-2-5-9-14)15-10-6-3-7-11-15;;;/h2*2-11H,12-13H2,1H3;2*1H;/q;;;;+2/p-2. The van der Waals surface area contributed by atoms with Crippen molar-refractivity contribution in [1.29, 1.82) is 0 Å². The number of ether oxygens (including phenoxy) is 2. The fraction of sp³-hybridized carbons (Fsp3) is 0.200. The van der Waals surface area contributed by atoms with Gasteiger partial charge in [0.15, 0.2) is 0 Å². The maximum atomic E-state index is 5.99. The Balaban J connectivity index is 0.000000249. The van der Waals surface area contributed by atoms with Gasteiger partial charge >= 0.3 is 34.5 Å². The summed E-state index contributed by atoms with van der Waals surface area (Å²) in [7, 11) is 11.6. The molecule has 0 aliphatic heterocycles. The molecule has 0 aliphatic rings. The van der Waals surface area contributed by atoms with E-state index in [1.165, 1.54) is 21.2 Å². The molecule has 0 unspecified atom stereocenters. The first-order valence-corrected chi connectivity index (χ1v) is 19.1. The minimum absolute atomic E-state index is 0.346. The summed E-state index contributed by atoms with van der Waals surface area (Å²) in [5.41, 5.74) is 0. The normalized spacial score (nSPS) is 10.5. The van der Waals surface area contributed by atoms with Crippen LogP contribution in [0.2, 0.25) is 0 Å². The summed E-state index contributed by atoms with van der Waals surface area (Å²) in [5, 5.41) is 4.93. The van der Waals surface area contributed by atoms with Crippen molar-refractivity contribution in [1.82, 2.24) is 0 Å². The topological polar surface area (TPSA) is 36.9 Å². The third kappa shape index (κ3) is 13.8. The minimum atomic E-state index is -0.742. The fourth-order valence-electron chi connectivity index (χ4n) is 3.27. The molecule has 0 atom stereocenters. The Morgan fingerprint density at radius 2 is 0.692 bits per heavy atom. The molecule has 0 N–H and O–H groups in total. The van der Waals surface area contributed by atoms with Crippen molar-refractivity contribution >= 4 is 56.9 Å². The molecule has 39 heavy (non-hydrogen) atoms. The zero-order valence-corrected chi connectivity index (χ0v) is 27.1. The predicted molar refractivity (Wildman–Crippen MR) is 166 cm³/mol. The van der Waals surface area contributed by atoms with Gasteiger partial charge in [-0.15, -0.1) is 0 Å². The van der Waals surface area contributed by atoms with Crippen LogP contribution in [0.5, 0.6) is 0 Å². The molecular weight excluding hydrogens is 658 g/mol. The van der Waals surface area contributed by atoms with E-state index in [2.05, 4.69) is 48.5 Å². The van der Waals surface area contributed by atoms with Crippen LogP contribution < -0.4 is 21.2 Å². The molecule has 0 bridgehead atoms. The molecule has 0 heterocycles. The number of hydrogen-bond donors (Lipinski definition) is 0. The number of halogens is 2. The molecule has 0 amide bonds. The van der Waals surface area contributed by atoms with Crippen LogP contribution in [0.4, 0.5) is 0 Å². The SMILES string of the molecule is COCCOP(c1ccccc1)c1ccccc1.COCCOP(c1ccccc1)c1ccccc1.[Cl][Ru][Cl]. The van der Waals surface area contributed by atoms with Gasteiger partial charge in [-0.3, -0.25) is 0 Å². The van der Waals surface area contributed by atoms with Gasteiger partial charge in [0.25, 0.3) is 0 Å². The van der Waals surface area contributed by atoms with E-state index >= 15 is 0 Å². The van der Waals surface area contributed by atoms with Crippen molar-refractivity contribution in [3.63, 3.8) is 0 Å². The van der Waals surface area contributed by atoms with E-state index < -0.39 is 16.3 Å². The first-order valence-electron chi connectivity index (χ1n) is 12.1. The van der Waals surface area contributed by atoms with Crippen molar-refractivity contribution in [2.45, 2.75) is 0 Å². The zero-order valence-electron chi connectivity index (χ0n) is 22.0. The summed E-state index contributed by atoms with van der Waals surface area (Å²) < 4.78 is 22.1. The third-order valence-corrected chi connectivity index (χ3v) is 8.93. The molecular formula is C30H34Cl2O4P2Ru. The Labute approximate surface area is 251 Å². The van der Waals surface area contributed by atoms with Crippen LogP contribution in [0, 0.1) is 0 Å². The van der Waals surface area contributed by atoms with Gasteiger partial charge in [0.2, 0.25) is 0 Å². The number of benzene rings is 4. The predicted octanol–water partition coefficient (Wildman–Crippen LogP) is 6.77. The molecule has 0 spiro atoms. The van der Waals surface area contributed by atoms with Crippen LogP contribution in [-0.2, 0) is 33.7 Å². The van der Waals surface area contributed by atoms with Crippen LogP contribution >= 0.6 is 35.7 Å². The average molecular weight is 693 g/mol. The number of methoxy groups -OCH3 is 2. The Hall–Kier alpha value is -1.22. The van der Waals surface area contributed by atoms with Crippen LogP contribution in [0.3, 0.4) is 0 Å². The zero-order chi connectivity index (χ0) is 28.0. The molecule has 9 heteroatoms. The molecule has 210 valence electrons. The van der Waals surface area contributed by atoms with E-state index in [0.717, 1.165) is 0 Å². The van der Waals surface area contributed by atoms with Gasteiger partial charge in [-0.1, -0.05) is 121 Å².